The number of benzene rings is 1. The van der Waals surface area contributed by atoms with E-state index in [1.54, 1.807) is 6.07 Å². The summed E-state index contributed by atoms with van der Waals surface area (Å²) in [4.78, 5) is 6.95. The predicted octanol–water partition coefficient (Wildman–Crippen LogP) is 3.62. The van der Waals surface area contributed by atoms with Crippen LogP contribution >= 0.6 is 24.0 Å². The number of hydrogen-bond acceptors (Lipinski definition) is 2. The molecule has 0 aliphatic carbocycles. The van der Waals surface area contributed by atoms with Crippen molar-refractivity contribution < 1.29 is 4.39 Å². The van der Waals surface area contributed by atoms with E-state index in [2.05, 4.69) is 48.2 Å². The lowest BCUT2D eigenvalue weighted by Crippen LogP contribution is -2.45. The lowest BCUT2D eigenvalue weighted by atomic mass is 10.2. The number of aliphatic imine (C=N–C) groups is 1. The molecule has 1 aromatic carbocycles. The third-order valence-corrected chi connectivity index (χ3v) is 3.64. The standard InChI is InChI=1S/C18H31FN4.HI/c1-6-20-18(21-10-11-23(14(2)3)15(4)5)22-13-16-8-7-9-17(19)12-16;/h7-9,12,14-15H,6,10-11,13H2,1-5H3,(H2,20,21,22);1H. The Morgan fingerprint density at radius 1 is 1.17 bits per heavy atom. The fourth-order valence-electron chi connectivity index (χ4n) is 2.56. The first-order valence-corrected chi connectivity index (χ1v) is 8.46. The van der Waals surface area contributed by atoms with Gasteiger partial charge in [0.25, 0.3) is 0 Å². The lowest BCUT2D eigenvalue weighted by molar-refractivity contribution is 0.178. The molecule has 0 fully saturated rings. The molecule has 1 aromatic rings. The van der Waals surface area contributed by atoms with Crippen molar-refractivity contribution in [3.8, 4) is 0 Å². The highest BCUT2D eigenvalue weighted by atomic mass is 127. The minimum absolute atomic E-state index is 0. The first-order valence-electron chi connectivity index (χ1n) is 8.46. The van der Waals surface area contributed by atoms with Crippen molar-refractivity contribution in [1.29, 1.82) is 0 Å². The molecule has 6 heteroatoms. The van der Waals surface area contributed by atoms with Gasteiger partial charge in [0.1, 0.15) is 5.82 Å². The van der Waals surface area contributed by atoms with Crippen molar-refractivity contribution in [3.05, 3.63) is 35.6 Å². The molecule has 0 heterocycles. The maximum absolute atomic E-state index is 13.2. The van der Waals surface area contributed by atoms with E-state index in [1.165, 1.54) is 12.1 Å². The van der Waals surface area contributed by atoms with Gasteiger partial charge in [0.15, 0.2) is 5.96 Å². The van der Waals surface area contributed by atoms with Crippen LogP contribution in [0.5, 0.6) is 0 Å². The molecule has 0 amide bonds. The van der Waals surface area contributed by atoms with E-state index in [0.29, 0.717) is 18.6 Å². The molecule has 24 heavy (non-hydrogen) atoms. The zero-order valence-corrected chi connectivity index (χ0v) is 17.8. The van der Waals surface area contributed by atoms with Crippen LogP contribution in [0.15, 0.2) is 29.3 Å². The van der Waals surface area contributed by atoms with Crippen molar-refractivity contribution in [2.24, 2.45) is 4.99 Å². The molecule has 0 unspecified atom stereocenters. The van der Waals surface area contributed by atoms with Crippen LogP contribution in [0.4, 0.5) is 4.39 Å². The second-order valence-corrected chi connectivity index (χ2v) is 6.18. The maximum Gasteiger partial charge on any atom is 0.191 e. The van der Waals surface area contributed by atoms with Gasteiger partial charge in [-0.05, 0) is 52.3 Å². The predicted molar refractivity (Wildman–Crippen MR) is 112 cm³/mol. The van der Waals surface area contributed by atoms with Gasteiger partial charge in [-0.1, -0.05) is 12.1 Å². The second kappa shape index (κ2) is 12.5. The Bertz CT molecular complexity index is 484. The van der Waals surface area contributed by atoms with Gasteiger partial charge in [0.2, 0.25) is 0 Å². The van der Waals surface area contributed by atoms with E-state index in [9.17, 15) is 4.39 Å². The Morgan fingerprint density at radius 2 is 1.83 bits per heavy atom. The van der Waals surface area contributed by atoms with Crippen LogP contribution in [-0.2, 0) is 6.54 Å². The van der Waals surface area contributed by atoms with Gasteiger partial charge in [-0.2, -0.15) is 0 Å². The average molecular weight is 450 g/mol. The van der Waals surface area contributed by atoms with Crippen molar-refractivity contribution in [1.82, 2.24) is 15.5 Å². The van der Waals surface area contributed by atoms with E-state index in [-0.39, 0.29) is 29.8 Å². The molecule has 0 spiro atoms. The summed E-state index contributed by atoms with van der Waals surface area (Å²) in [6, 6.07) is 7.60. The second-order valence-electron chi connectivity index (χ2n) is 6.18. The SMILES string of the molecule is CCNC(=NCc1cccc(F)c1)NCCN(C(C)C)C(C)C.I. The Hall–Kier alpha value is -0.890. The number of nitrogens with zero attached hydrogens (tertiary/aromatic N) is 2. The van der Waals surface area contributed by atoms with Crippen LogP contribution in [0.3, 0.4) is 0 Å². The summed E-state index contributed by atoms with van der Waals surface area (Å²) in [5.41, 5.74) is 0.869. The van der Waals surface area contributed by atoms with Crippen LogP contribution in [-0.4, -0.2) is 42.6 Å². The topological polar surface area (TPSA) is 39.7 Å². The van der Waals surface area contributed by atoms with Crippen molar-refractivity contribution in [2.75, 3.05) is 19.6 Å². The molecular formula is C18H32FIN4. The molecule has 0 saturated heterocycles. The molecule has 1 rings (SSSR count). The molecule has 0 aromatic heterocycles. The highest BCUT2D eigenvalue weighted by Gasteiger charge is 2.12. The number of rotatable bonds is 8. The highest BCUT2D eigenvalue weighted by molar-refractivity contribution is 14.0. The van der Waals surface area contributed by atoms with Gasteiger partial charge in [0, 0.05) is 31.7 Å². The molecule has 4 nitrogen and oxygen atoms in total. The minimum Gasteiger partial charge on any atom is -0.357 e. The average Bonchev–Trinajstić information content (AvgIpc) is 2.48. The molecule has 0 aliphatic heterocycles. The van der Waals surface area contributed by atoms with Gasteiger partial charge >= 0.3 is 0 Å². The van der Waals surface area contributed by atoms with E-state index in [1.807, 2.05) is 13.0 Å². The molecule has 0 atom stereocenters. The third kappa shape index (κ3) is 8.82. The third-order valence-electron chi connectivity index (χ3n) is 3.64. The van der Waals surface area contributed by atoms with E-state index in [4.69, 9.17) is 0 Å². The molecule has 0 aliphatic rings. The minimum atomic E-state index is -0.222. The summed E-state index contributed by atoms with van der Waals surface area (Å²) in [6.07, 6.45) is 0. The van der Waals surface area contributed by atoms with Gasteiger partial charge in [0.05, 0.1) is 6.54 Å². The quantitative estimate of drug-likeness (QED) is 0.361. The summed E-state index contributed by atoms with van der Waals surface area (Å²) in [6.45, 7) is 13.9. The van der Waals surface area contributed by atoms with E-state index < -0.39 is 0 Å². The number of halogens is 2. The summed E-state index contributed by atoms with van der Waals surface area (Å²) >= 11 is 0. The van der Waals surface area contributed by atoms with Crippen LogP contribution < -0.4 is 10.6 Å². The highest BCUT2D eigenvalue weighted by Crippen LogP contribution is 2.05. The van der Waals surface area contributed by atoms with E-state index >= 15 is 0 Å². The Morgan fingerprint density at radius 3 is 2.38 bits per heavy atom. The normalized spacial score (nSPS) is 11.8. The van der Waals surface area contributed by atoms with Crippen LogP contribution in [0.2, 0.25) is 0 Å². The van der Waals surface area contributed by atoms with Crippen LogP contribution in [0, 0.1) is 5.82 Å². The summed E-state index contributed by atoms with van der Waals surface area (Å²) in [5.74, 6) is 0.546. The summed E-state index contributed by atoms with van der Waals surface area (Å²) in [5, 5.41) is 6.58. The first kappa shape index (κ1) is 23.1. The smallest absolute Gasteiger partial charge is 0.191 e. The fraction of sp³-hybridized carbons (Fsp3) is 0.611. The molecule has 0 bridgehead atoms. The van der Waals surface area contributed by atoms with Crippen molar-refractivity contribution in [3.63, 3.8) is 0 Å². The zero-order chi connectivity index (χ0) is 17.2. The van der Waals surface area contributed by atoms with Crippen molar-refractivity contribution in [2.45, 2.75) is 53.2 Å². The number of hydrogen-bond donors (Lipinski definition) is 2. The largest absolute Gasteiger partial charge is 0.357 e. The Labute approximate surface area is 163 Å². The van der Waals surface area contributed by atoms with E-state index in [0.717, 1.165) is 31.2 Å². The first-order chi connectivity index (χ1) is 10.9. The van der Waals surface area contributed by atoms with Gasteiger partial charge in [-0.15, -0.1) is 24.0 Å². The lowest BCUT2D eigenvalue weighted by Gasteiger charge is -2.30. The molecular weight excluding hydrogens is 418 g/mol. The molecule has 2 N–H and O–H groups in total. The zero-order valence-electron chi connectivity index (χ0n) is 15.5. The van der Waals surface area contributed by atoms with Crippen LogP contribution in [0.25, 0.3) is 0 Å². The van der Waals surface area contributed by atoms with Gasteiger partial charge in [-0.25, -0.2) is 9.38 Å². The van der Waals surface area contributed by atoms with Crippen molar-refractivity contribution >= 4 is 29.9 Å². The summed E-state index contributed by atoms with van der Waals surface area (Å²) < 4.78 is 13.2. The maximum atomic E-state index is 13.2. The summed E-state index contributed by atoms with van der Waals surface area (Å²) in [7, 11) is 0. The van der Waals surface area contributed by atoms with Crippen LogP contribution in [0.1, 0.15) is 40.2 Å². The molecule has 138 valence electrons. The Balaban J connectivity index is 0.00000529. The molecule has 0 radical (unpaired) electrons. The van der Waals surface area contributed by atoms with Gasteiger partial charge < -0.3 is 10.6 Å². The van der Waals surface area contributed by atoms with Gasteiger partial charge in [-0.3, -0.25) is 4.90 Å². The molecule has 0 saturated carbocycles. The fourth-order valence-corrected chi connectivity index (χ4v) is 2.56. The number of guanidine groups is 1. The Kier molecular flexibility index (Phi) is 12.0. The monoisotopic (exact) mass is 450 g/mol. The number of nitrogens with one attached hydrogen (secondary N) is 2.